The molecule has 1 N–H and O–H groups in total. The van der Waals surface area contributed by atoms with E-state index in [0.717, 1.165) is 16.6 Å². The number of anilines is 1. The maximum atomic E-state index is 5.99. The van der Waals surface area contributed by atoms with Crippen LogP contribution in [0.3, 0.4) is 0 Å². The molecule has 0 aliphatic carbocycles. The molecular weight excluding hydrogens is 240 g/mol. The monoisotopic (exact) mass is 252 g/mol. The SMILES string of the molecule is CCC(Nc1nccs1)c1cccc(Cl)c1. The predicted octanol–water partition coefficient (Wildman–Crippen LogP) is 4.36. The first-order chi connectivity index (χ1) is 7.79. The molecule has 0 bridgehead atoms. The lowest BCUT2D eigenvalue weighted by Crippen LogP contribution is -2.09. The second-order valence-electron chi connectivity index (χ2n) is 3.50. The third-order valence-electron chi connectivity index (χ3n) is 2.39. The van der Waals surface area contributed by atoms with Crippen LogP contribution in [0, 0.1) is 0 Å². The fourth-order valence-electron chi connectivity index (χ4n) is 1.59. The van der Waals surface area contributed by atoms with E-state index in [2.05, 4.69) is 23.3 Å². The normalized spacial score (nSPS) is 12.4. The van der Waals surface area contributed by atoms with Crippen molar-refractivity contribution in [3.8, 4) is 0 Å². The lowest BCUT2D eigenvalue weighted by atomic mass is 10.1. The number of rotatable bonds is 4. The van der Waals surface area contributed by atoms with Gasteiger partial charge in [0.05, 0.1) is 6.04 Å². The summed E-state index contributed by atoms with van der Waals surface area (Å²) in [7, 11) is 0. The highest BCUT2D eigenvalue weighted by atomic mass is 35.5. The predicted molar refractivity (Wildman–Crippen MR) is 70.2 cm³/mol. The number of benzene rings is 1. The summed E-state index contributed by atoms with van der Waals surface area (Å²) in [4.78, 5) is 4.23. The number of thiazole rings is 1. The van der Waals surface area contributed by atoms with E-state index in [9.17, 15) is 0 Å². The molecule has 0 saturated heterocycles. The van der Waals surface area contributed by atoms with Gasteiger partial charge in [-0.15, -0.1) is 11.3 Å². The molecule has 1 atom stereocenters. The highest BCUT2D eigenvalue weighted by Crippen LogP contribution is 2.25. The number of aromatic nitrogens is 1. The van der Waals surface area contributed by atoms with Crippen LogP contribution in [0.25, 0.3) is 0 Å². The topological polar surface area (TPSA) is 24.9 Å². The first-order valence-corrected chi connectivity index (χ1v) is 6.47. The Kier molecular flexibility index (Phi) is 3.80. The molecule has 1 aromatic carbocycles. The van der Waals surface area contributed by atoms with Crippen molar-refractivity contribution in [2.24, 2.45) is 0 Å². The van der Waals surface area contributed by atoms with Crippen molar-refractivity contribution < 1.29 is 0 Å². The van der Waals surface area contributed by atoms with Crippen molar-refractivity contribution in [3.05, 3.63) is 46.4 Å². The highest BCUT2D eigenvalue weighted by Gasteiger charge is 2.10. The molecule has 2 nitrogen and oxygen atoms in total. The summed E-state index contributed by atoms with van der Waals surface area (Å²) in [5.41, 5.74) is 1.20. The van der Waals surface area contributed by atoms with Gasteiger partial charge >= 0.3 is 0 Å². The number of nitrogens with one attached hydrogen (secondary N) is 1. The van der Waals surface area contributed by atoms with Crippen LogP contribution in [0.15, 0.2) is 35.8 Å². The van der Waals surface area contributed by atoms with Crippen LogP contribution in [-0.4, -0.2) is 4.98 Å². The standard InChI is InChI=1S/C12H13ClN2S/c1-2-11(15-12-14-6-7-16-12)9-4-3-5-10(13)8-9/h3-8,11H,2H2,1H3,(H,14,15). The lowest BCUT2D eigenvalue weighted by Gasteiger charge is -2.16. The molecule has 84 valence electrons. The van der Waals surface area contributed by atoms with Crippen LogP contribution in [0.2, 0.25) is 5.02 Å². The molecule has 16 heavy (non-hydrogen) atoms. The molecule has 0 spiro atoms. The van der Waals surface area contributed by atoms with Crippen molar-refractivity contribution in [2.75, 3.05) is 5.32 Å². The Labute approximate surface area is 104 Å². The van der Waals surface area contributed by atoms with Crippen molar-refractivity contribution in [1.82, 2.24) is 4.98 Å². The summed E-state index contributed by atoms with van der Waals surface area (Å²) in [6, 6.07) is 8.21. The Morgan fingerprint density at radius 1 is 1.50 bits per heavy atom. The fourth-order valence-corrected chi connectivity index (χ4v) is 2.37. The Morgan fingerprint density at radius 3 is 3.00 bits per heavy atom. The van der Waals surface area contributed by atoms with Crippen molar-refractivity contribution in [1.29, 1.82) is 0 Å². The number of hydrogen-bond acceptors (Lipinski definition) is 3. The molecule has 0 fully saturated rings. The second kappa shape index (κ2) is 5.32. The zero-order valence-corrected chi connectivity index (χ0v) is 10.6. The van der Waals surface area contributed by atoms with Crippen LogP contribution in [0.5, 0.6) is 0 Å². The van der Waals surface area contributed by atoms with E-state index in [1.54, 1.807) is 17.5 Å². The average molecular weight is 253 g/mol. The van der Waals surface area contributed by atoms with E-state index in [1.807, 2.05) is 23.6 Å². The van der Waals surface area contributed by atoms with Gasteiger partial charge in [0, 0.05) is 16.6 Å². The maximum absolute atomic E-state index is 5.99. The van der Waals surface area contributed by atoms with Gasteiger partial charge in [-0.25, -0.2) is 4.98 Å². The maximum Gasteiger partial charge on any atom is 0.183 e. The van der Waals surface area contributed by atoms with E-state index in [4.69, 9.17) is 11.6 Å². The van der Waals surface area contributed by atoms with E-state index in [0.29, 0.717) is 0 Å². The summed E-state index contributed by atoms with van der Waals surface area (Å²) in [6.07, 6.45) is 2.80. The molecule has 1 aromatic heterocycles. The minimum Gasteiger partial charge on any atom is -0.355 e. The minimum atomic E-state index is 0.268. The van der Waals surface area contributed by atoms with Gasteiger partial charge in [-0.05, 0) is 24.1 Å². The molecule has 1 heterocycles. The zero-order chi connectivity index (χ0) is 11.4. The molecule has 2 rings (SSSR count). The third-order valence-corrected chi connectivity index (χ3v) is 3.33. The lowest BCUT2D eigenvalue weighted by molar-refractivity contribution is 0.748. The fraction of sp³-hybridized carbons (Fsp3) is 0.250. The van der Waals surface area contributed by atoms with Crippen LogP contribution in [0.1, 0.15) is 24.9 Å². The Hall–Kier alpha value is -1.06. The smallest absolute Gasteiger partial charge is 0.183 e. The molecule has 0 aliphatic rings. The van der Waals surface area contributed by atoms with E-state index in [1.165, 1.54) is 5.56 Å². The highest BCUT2D eigenvalue weighted by molar-refractivity contribution is 7.13. The third kappa shape index (κ3) is 2.74. The number of nitrogens with zero attached hydrogens (tertiary/aromatic N) is 1. The van der Waals surface area contributed by atoms with E-state index < -0.39 is 0 Å². The van der Waals surface area contributed by atoms with Gasteiger partial charge in [-0.3, -0.25) is 0 Å². The summed E-state index contributed by atoms with van der Waals surface area (Å²) in [5, 5.41) is 7.09. The van der Waals surface area contributed by atoms with Crippen LogP contribution < -0.4 is 5.32 Å². The van der Waals surface area contributed by atoms with E-state index in [-0.39, 0.29) is 6.04 Å². The van der Waals surface area contributed by atoms with Gasteiger partial charge < -0.3 is 5.32 Å². The first kappa shape index (κ1) is 11.4. The Bertz CT molecular complexity index is 442. The summed E-state index contributed by atoms with van der Waals surface area (Å²) < 4.78 is 0. The molecule has 0 saturated carbocycles. The Morgan fingerprint density at radius 2 is 2.38 bits per heavy atom. The molecule has 1 unspecified atom stereocenters. The molecule has 0 radical (unpaired) electrons. The molecule has 2 aromatic rings. The number of hydrogen-bond donors (Lipinski definition) is 1. The van der Waals surface area contributed by atoms with Crippen molar-refractivity contribution in [2.45, 2.75) is 19.4 Å². The van der Waals surface area contributed by atoms with Gasteiger partial charge in [-0.2, -0.15) is 0 Å². The largest absolute Gasteiger partial charge is 0.355 e. The molecule has 4 heteroatoms. The summed E-state index contributed by atoms with van der Waals surface area (Å²) in [6.45, 7) is 2.15. The molecular formula is C12H13ClN2S. The Balaban J connectivity index is 2.16. The van der Waals surface area contributed by atoms with Gasteiger partial charge in [0.1, 0.15) is 0 Å². The van der Waals surface area contributed by atoms with Gasteiger partial charge in [-0.1, -0.05) is 30.7 Å². The second-order valence-corrected chi connectivity index (χ2v) is 4.83. The molecule has 0 amide bonds. The summed E-state index contributed by atoms with van der Waals surface area (Å²) >= 11 is 7.60. The molecule has 0 aliphatic heterocycles. The summed E-state index contributed by atoms with van der Waals surface area (Å²) in [5.74, 6) is 0. The van der Waals surface area contributed by atoms with Crippen LogP contribution >= 0.6 is 22.9 Å². The van der Waals surface area contributed by atoms with Crippen LogP contribution in [0.4, 0.5) is 5.13 Å². The van der Waals surface area contributed by atoms with Gasteiger partial charge in [0.25, 0.3) is 0 Å². The van der Waals surface area contributed by atoms with Gasteiger partial charge in [0.2, 0.25) is 0 Å². The number of halogens is 1. The minimum absolute atomic E-state index is 0.268. The zero-order valence-electron chi connectivity index (χ0n) is 8.98. The average Bonchev–Trinajstić information content (AvgIpc) is 2.78. The first-order valence-electron chi connectivity index (χ1n) is 5.21. The van der Waals surface area contributed by atoms with Crippen molar-refractivity contribution in [3.63, 3.8) is 0 Å². The van der Waals surface area contributed by atoms with Gasteiger partial charge in [0.15, 0.2) is 5.13 Å². The van der Waals surface area contributed by atoms with E-state index >= 15 is 0 Å². The van der Waals surface area contributed by atoms with Crippen LogP contribution in [-0.2, 0) is 0 Å². The quantitative estimate of drug-likeness (QED) is 0.875. The van der Waals surface area contributed by atoms with Crippen molar-refractivity contribution >= 4 is 28.1 Å².